The van der Waals surface area contributed by atoms with E-state index < -0.39 is 11.7 Å². The zero-order valence-electron chi connectivity index (χ0n) is 13.4. The van der Waals surface area contributed by atoms with Crippen LogP contribution in [0.15, 0.2) is 18.2 Å². The first-order valence-corrected chi connectivity index (χ1v) is 7.05. The molecule has 0 atom stereocenters. The Labute approximate surface area is 125 Å². The minimum atomic E-state index is -0.586. The van der Waals surface area contributed by atoms with E-state index in [1.54, 1.807) is 26.8 Å². The van der Waals surface area contributed by atoms with Crippen molar-refractivity contribution in [3.05, 3.63) is 29.6 Å². The van der Waals surface area contributed by atoms with Crippen molar-refractivity contribution in [1.29, 1.82) is 0 Å². The third-order valence-corrected chi connectivity index (χ3v) is 3.12. The van der Waals surface area contributed by atoms with Gasteiger partial charge in [0, 0.05) is 5.69 Å². The lowest BCUT2D eigenvalue weighted by Gasteiger charge is -2.28. The minimum absolute atomic E-state index is 0.343. The Bertz CT molecular complexity index is 507. The molecular formula is C16H25FN2O2. The number of benzene rings is 1. The van der Waals surface area contributed by atoms with E-state index in [0.717, 1.165) is 0 Å². The van der Waals surface area contributed by atoms with Crippen LogP contribution in [0.5, 0.6) is 0 Å². The number of carbonyl (C=O) groups is 1. The molecule has 0 fully saturated rings. The van der Waals surface area contributed by atoms with E-state index in [2.05, 4.69) is 5.32 Å². The molecule has 0 saturated carbocycles. The van der Waals surface area contributed by atoms with Crippen molar-refractivity contribution >= 4 is 11.8 Å². The summed E-state index contributed by atoms with van der Waals surface area (Å²) in [5.74, 6) is -0.343. The summed E-state index contributed by atoms with van der Waals surface area (Å²) in [7, 11) is 0. The highest BCUT2D eigenvalue weighted by atomic mass is 19.1. The molecule has 0 unspecified atom stereocenters. The van der Waals surface area contributed by atoms with E-state index in [1.165, 1.54) is 12.1 Å². The number of rotatable bonds is 4. The van der Waals surface area contributed by atoms with Gasteiger partial charge in [-0.05, 0) is 62.9 Å². The van der Waals surface area contributed by atoms with Gasteiger partial charge in [-0.15, -0.1) is 0 Å². The molecule has 0 bridgehead atoms. The molecule has 0 aliphatic heterocycles. The fraction of sp³-hybridized carbons (Fsp3) is 0.562. The number of hydrogen-bond donors (Lipinski definition) is 2. The molecule has 0 saturated heterocycles. The van der Waals surface area contributed by atoms with Crippen LogP contribution >= 0.6 is 0 Å². The first-order chi connectivity index (χ1) is 9.55. The van der Waals surface area contributed by atoms with Gasteiger partial charge in [0.25, 0.3) is 0 Å². The van der Waals surface area contributed by atoms with E-state index in [1.807, 2.05) is 13.8 Å². The van der Waals surface area contributed by atoms with Crippen LogP contribution < -0.4 is 11.1 Å². The van der Waals surface area contributed by atoms with Crippen molar-refractivity contribution in [2.45, 2.75) is 52.1 Å². The van der Waals surface area contributed by atoms with E-state index in [0.29, 0.717) is 24.2 Å². The summed E-state index contributed by atoms with van der Waals surface area (Å²) in [6.45, 7) is 9.78. The van der Waals surface area contributed by atoms with E-state index in [9.17, 15) is 9.18 Å². The number of hydrogen-bond acceptors (Lipinski definition) is 3. The molecule has 1 aromatic carbocycles. The average molecular weight is 296 g/mol. The summed E-state index contributed by atoms with van der Waals surface area (Å²) >= 11 is 0. The highest BCUT2D eigenvalue weighted by Gasteiger charge is 2.25. The Kier molecular flexibility index (Phi) is 5.34. The molecular weight excluding hydrogens is 271 g/mol. The lowest BCUT2D eigenvalue weighted by atomic mass is 9.80. The van der Waals surface area contributed by atoms with Crippen molar-refractivity contribution < 1.29 is 13.9 Å². The Morgan fingerprint density at radius 3 is 2.43 bits per heavy atom. The van der Waals surface area contributed by atoms with Crippen molar-refractivity contribution in [3.8, 4) is 0 Å². The molecule has 4 nitrogen and oxygen atoms in total. The predicted molar refractivity (Wildman–Crippen MR) is 83.0 cm³/mol. The lowest BCUT2D eigenvalue weighted by Crippen LogP contribution is -2.29. The minimum Gasteiger partial charge on any atom is -0.444 e. The molecule has 0 aromatic heterocycles. The van der Waals surface area contributed by atoms with E-state index in [-0.39, 0.29) is 11.2 Å². The summed E-state index contributed by atoms with van der Waals surface area (Å²) in [4.78, 5) is 11.9. The molecule has 1 aromatic rings. The van der Waals surface area contributed by atoms with Crippen molar-refractivity contribution in [2.24, 2.45) is 5.73 Å². The molecule has 5 heteroatoms. The summed E-state index contributed by atoms with van der Waals surface area (Å²) in [6.07, 6.45) is 0.123. The third-order valence-electron chi connectivity index (χ3n) is 3.12. The zero-order chi connectivity index (χ0) is 16.3. The third kappa shape index (κ3) is 5.34. The van der Waals surface area contributed by atoms with Crippen LogP contribution in [0.25, 0.3) is 0 Å². The topological polar surface area (TPSA) is 64.3 Å². The van der Waals surface area contributed by atoms with Crippen LogP contribution in [-0.4, -0.2) is 18.2 Å². The number of halogens is 1. The van der Waals surface area contributed by atoms with Gasteiger partial charge in [-0.25, -0.2) is 9.18 Å². The lowest BCUT2D eigenvalue weighted by molar-refractivity contribution is 0.0635. The van der Waals surface area contributed by atoms with Gasteiger partial charge in [0.15, 0.2) is 0 Å². The van der Waals surface area contributed by atoms with Gasteiger partial charge in [0.2, 0.25) is 0 Å². The smallest absolute Gasteiger partial charge is 0.412 e. The second-order valence-corrected chi connectivity index (χ2v) is 6.74. The van der Waals surface area contributed by atoms with Gasteiger partial charge >= 0.3 is 6.09 Å². The molecule has 0 aliphatic rings. The average Bonchev–Trinajstić information content (AvgIpc) is 2.28. The number of anilines is 1. The van der Waals surface area contributed by atoms with Crippen molar-refractivity contribution in [3.63, 3.8) is 0 Å². The van der Waals surface area contributed by atoms with Crippen LogP contribution in [0.3, 0.4) is 0 Å². The molecule has 1 rings (SSSR count). The van der Waals surface area contributed by atoms with Crippen LogP contribution in [0.4, 0.5) is 14.9 Å². The number of carbonyl (C=O) groups excluding carboxylic acids is 1. The molecule has 0 spiro atoms. The molecule has 1 amide bonds. The van der Waals surface area contributed by atoms with Crippen molar-refractivity contribution in [1.82, 2.24) is 0 Å². The van der Waals surface area contributed by atoms with E-state index >= 15 is 0 Å². The number of amides is 1. The van der Waals surface area contributed by atoms with Gasteiger partial charge in [-0.2, -0.15) is 0 Å². The van der Waals surface area contributed by atoms with Gasteiger partial charge in [0.1, 0.15) is 11.4 Å². The Hall–Kier alpha value is -1.62. The fourth-order valence-electron chi connectivity index (χ4n) is 2.09. The SMILES string of the molecule is CC(C)(C)OC(=O)Nc1ccc(F)cc1C(C)(C)CCN. The second-order valence-electron chi connectivity index (χ2n) is 6.74. The highest BCUT2D eigenvalue weighted by Crippen LogP contribution is 2.33. The molecule has 21 heavy (non-hydrogen) atoms. The second kappa shape index (κ2) is 6.43. The highest BCUT2D eigenvalue weighted by molar-refractivity contribution is 5.86. The predicted octanol–water partition coefficient (Wildman–Crippen LogP) is 3.80. The Morgan fingerprint density at radius 1 is 1.29 bits per heavy atom. The van der Waals surface area contributed by atoms with Gasteiger partial charge in [-0.3, -0.25) is 5.32 Å². The standard InChI is InChI=1S/C16H25FN2O2/c1-15(2,3)21-14(20)19-13-7-6-11(17)10-12(13)16(4,5)8-9-18/h6-7,10H,8-9,18H2,1-5H3,(H,19,20). The molecule has 3 N–H and O–H groups in total. The Morgan fingerprint density at radius 2 is 1.90 bits per heavy atom. The zero-order valence-corrected chi connectivity index (χ0v) is 13.4. The molecule has 118 valence electrons. The maximum atomic E-state index is 13.6. The number of nitrogens with one attached hydrogen (secondary N) is 1. The van der Waals surface area contributed by atoms with Crippen LogP contribution in [0.2, 0.25) is 0 Å². The Balaban J connectivity index is 3.05. The first-order valence-electron chi connectivity index (χ1n) is 7.05. The quantitative estimate of drug-likeness (QED) is 0.888. The van der Waals surface area contributed by atoms with Gasteiger partial charge in [-0.1, -0.05) is 13.8 Å². The van der Waals surface area contributed by atoms with Gasteiger partial charge < -0.3 is 10.5 Å². The van der Waals surface area contributed by atoms with Crippen LogP contribution in [0, 0.1) is 5.82 Å². The van der Waals surface area contributed by atoms with Gasteiger partial charge in [0.05, 0.1) is 0 Å². The molecule has 0 heterocycles. The summed E-state index contributed by atoms with van der Waals surface area (Å²) < 4.78 is 18.8. The maximum absolute atomic E-state index is 13.6. The monoisotopic (exact) mass is 296 g/mol. The van der Waals surface area contributed by atoms with Crippen LogP contribution in [-0.2, 0) is 10.2 Å². The van der Waals surface area contributed by atoms with E-state index in [4.69, 9.17) is 10.5 Å². The molecule has 0 aliphatic carbocycles. The first kappa shape index (κ1) is 17.4. The number of ether oxygens (including phenoxy) is 1. The largest absolute Gasteiger partial charge is 0.444 e. The van der Waals surface area contributed by atoms with Crippen molar-refractivity contribution in [2.75, 3.05) is 11.9 Å². The fourth-order valence-corrected chi connectivity index (χ4v) is 2.09. The summed E-state index contributed by atoms with van der Waals surface area (Å²) in [6, 6.07) is 4.30. The summed E-state index contributed by atoms with van der Waals surface area (Å²) in [5, 5.41) is 2.69. The maximum Gasteiger partial charge on any atom is 0.412 e. The normalized spacial score (nSPS) is 12.1. The van der Waals surface area contributed by atoms with Crippen LogP contribution in [0.1, 0.15) is 46.6 Å². The number of nitrogens with two attached hydrogens (primary N) is 1. The summed E-state index contributed by atoms with van der Waals surface area (Å²) in [5.41, 5.74) is 5.94. The molecule has 0 radical (unpaired) electrons.